The molecule has 1 aliphatic carbocycles. The molecule has 1 N–H and O–H groups in total. The standard InChI is InChI=1S/C9H18FNS/c1-12-9-4-2-3-8(7-9)11-6-5-10/h8-9,11H,2-7H2,1H3. The van der Waals surface area contributed by atoms with Crippen molar-refractivity contribution < 1.29 is 4.39 Å². The van der Waals surface area contributed by atoms with Gasteiger partial charge in [-0.25, -0.2) is 4.39 Å². The van der Waals surface area contributed by atoms with Crippen molar-refractivity contribution in [3.8, 4) is 0 Å². The normalized spacial score (nSPS) is 30.5. The predicted octanol–water partition coefficient (Wildman–Crippen LogP) is 2.22. The second kappa shape index (κ2) is 5.81. The molecule has 0 amide bonds. The van der Waals surface area contributed by atoms with Crippen molar-refractivity contribution in [3.63, 3.8) is 0 Å². The Hall–Kier alpha value is 0.240. The Labute approximate surface area is 78.5 Å². The number of nitrogens with one attached hydrogen (secondary N) is 1. The Morgan fingerprint density at radius 3 is 3.00 bits per heavy atom. The lowest BCUT2D eigenvalue weighted by atomic mass is 9.95. The van der Waals surface area contributed by atoms with Crippen LogP contribution in [-0.4, -0.2) is 30.8 Å². The average molecular weight is 191 g/mol. The highest BCUT2D eigenvalue weighted by atomic mass is 32.2. The molecule has 0 bridgehead atoms. The molecule has 1 aliphatic rings. The van der Waals surface area contributed by atoms with Crippen molar-refractivity contribution in [2.45, 2.75) is 37.0 Å². The molecule has 1 fully saturated rings. The first-order chi connectivity index (χ1) is 5.86. The Balaban J connectivity index is 2.16. The molecule has 1 saturated carbocycles. The van der Waals surface area contributed by atoms with E-state index in [1.54, 1.807) is 0 Å². The van der Waals surface area contributed by atoms with Gasteiger partial charge in [0.05, 0.1) is 0 Å². The summed E-state index contributed by atoms with van der Waals surface area (Å²) >= 11 is 1.95. The van der Waals surface area contributed by atoms with Crippen LogP contribution >= 0.6 is 11.8 Å². The second-order valence-corrected chi connectivity index (χ2v) is 4.50. The first-order valence-electron chi connectivity index (χ1n) is 4.69. The molecular formula is C9H18FNS. The van der Waals surface area contributed by atoms with Crippen LogP contribution in [0.3, 0.4) is 0 Å². The van der Waals surface area contributed by atoms with Crippen molar-refractivity contribution in [2.24, 2.45) is 0 Å². The first kappa shape index (κ1) is 10.3. The highest BCUT2D eigenvalue weighted by molar-refractivity contribution is 7.99. The van der Waals surface area contributed by atoms with Crippen LogP contribution in [0.2, 0.25) is 0 Å². The average Bonchev–Trinajstić information content (AvgIpc) is 2.15. The summed E-state index contributed by atoms with van der Waals surface area (Å²) in [5.41, 5.74) is 0. The molecule has 0 aromatic rings. The molecule has 0 radical (unpaired) electrons. The Bertz CT molecular complexity index is 121. The van der Waals surface area contributed by atoms with Crippen LogP contribution in [0, 0.1) is 0 Å². The highest BCUT2D eigenvalue weighted by Crippen LogP contribution is 2.26. The molecule has 2 atom stereocenters. The van der Waals surface area contributed by atoms with Crippen LogP contribution in [0.4, 0.5) is 4.39 Å². The van der Waals surface area contributed by atoms with E-state index in [0.29, 0.717) is 12.6 Å². The molecular weight excluding hydrogens is 173 g/mol. The molecule has 0 aromatic carbocycles. The van der Waals surface area contributed by atoms with Gasteiger partial charge in [-0.2, -0.15) is 11.8 Å². The molecule has 1 nitrogen and oxygen atoms in total. The summed E-state index contributed by atoms with van der Waals surface area (Å²) in [6.45, 7) is 0.298. The number of thioether (sulfide) groups is 1. The van der Waals surface area contributed by atoms with Crippen LogP contribution in [0.1, 0.15) is 25.7 Å². The van der Waals surface area contributed by atoms with Crippen LogP contribution in [0.5, 0.6) is 0 Å². The largest absolute Gasteiger partial charge is 0.311 e. The molecule has 1 rings (SSSR count). The van der Waals surface area contributed by atoms with Crippen molar-refractivity contribution in [3.05, 3.63) is 0 Å². The van der Waals surface area contributed by atoms with Gasteiger partial charge in [-0.1, -0.05) is 6.42 Å². The molecule has 0 spiro atoms. The molecule has 0 saturated heterocycles. The van der Waals surface area contributed by atoms with Crippen LogP contribution in [-0.2, 0) is 0 Å². The molecule has 0 aromatic heterocycles. The highest BCUT2D eigenvalue weighted by Gasteiger charge is 2.20. The number of hydrogen-bond acceptors (Lipinski definition) is 2. The van der Waals surface area contributed by atoms with Gasteiger partial charge in [-0.05, 0) is 25.5 Å². The van der Waals surface area contributed by atoms with Crippen LogP contribution in [0.15, 0.2) is 0 Å². The molecule has 12 heavy (non-hydrogen) atoms. The van der Waals surface area contributed by atoms with E-state index in [2.05, 4.69) is 11.6 Å². The summed E-state index contributed by atoms with van der Waals surface area (Å²) in [5.74, 6) is 0. The van der Waals surface area contributed by atoms with E-state index in [-0.39, 0.29) is 6.67 Å². The summed E-state index contributed by atoms with van der Waals surface area (Å²) < 4.78 is 11.9. The minimum atomic E-state index is -0.236. The number of rotatable bonds is 4. The lowest BCUT2D eigenvalue weighted by Gasteiger charge is -2.28. The van der Waals surface area contributed by atoms with Gasteiger partial charge in [0.2, 0.25) is 0 Å². The van der Waals surface area contributed by atoms with Crippen molar-refractivity contribution in [1.29, 1.82) is 0 Å². The summed E-state index contributed by atoms with van der Waals surface area (Å²) in [7, 11) is 0. The SMILES string of the molecule is CSC1CCCC(NCCF)C1. The maximum atomic E-state index is 11.9. The topological polar surface area (TPSA) is 12.0 Å². The maximum absolute atomic E-state index is 11.9. The zero-order chi connectivity index (χ0) is 8.81. The van der Waals surface area contributed by atoms with Gasteiger partial charge in [0, 0.05) is 17.8 Å². The molecule has 72 valence electrons. The van der Waals surface area contributed by atoms with Crippen molar-refractivity contribution in [1.82, 2.24) is 5.32 Å². The Morgan fingerprint density at radius 1 is 1.50 bits per heavy atom. The van der Waals surface area contributed by atoms with Crippen molar-refractivity contribution >= 4 is 11.8 Å². The van der Waals surface area contributed by atoms with Crippen LogP contribution in [0.25, 0.3) is 0 Å². The fourth-order valence-electron chi connectivity index (χ4n) is 1.80. The Morgan fingerprint density at radius 2 is 2.33 bits per heavy atom. The molecule has 0 aliphatic heterocycles. The van der Waals surface area contributed by atoms with E-state index in [0.717, 1.165) is 5.25 Å². The Kier molecular flexibility index (Phi) is 5.00. The fraction of sp³-hybridized carbons (Fsp3) is 1.00. The number of hydrogen-bond donors (Lipinski definition) is 1. The van der Waals surface area contributed by atoms with Gasteiger partial charge in [-0.15, -0.1) is 0 Å². The monoisotopic (exact) mass is 191 g/mol. The number of halogens is 1. The van der Waals surface area contributed by atoms with E-state index in [4.69, 9.17) is 0 Å². The predicted molar refractivity (Wildman–Crippen MR) is 53.5 cm³/mol. The number of alkyl halides is 1. The molecule has 3 heteroatoms. The smallest absolute Gasteiger partial charge is 0.102 e. The minimum Gasteiger partial charge on any atom is -0.311 e. The summed E-state index contributed by atoms with van der Waals surface area (Å²) in [6, 6.07) is 0.576. The van der Waals surface area contributed by atoms with Crippen molar-refractivity contribution in [2.75, 3.05) is 19.5 Å². The maximum Gasteiger partial charge on any atom is 0.102 e. The van der Waals surface area contributed by atoms with E-state index in [9.17, 15) is 4.39 Å². The van der Waals surface area contributed by atoms with Gasteiger partial charge in [0.15, 0.2) is 0 Å². The van der Waals surface area contributed by atoms with Gasteiger partial charge in [0.1, 0.15) is 6.67 Å². The summed E-state index contributed by atoms with van der Waals surface area (Å²) in [4.78, 5) is 0. The minimum absolute atomic E-state index is 0.236. The summed E-state index contributed by atoms with van der Waals surface area (Å²) in [6.07, 6.45) is 7.27. The van der Waals surface area contributed by atoms with Gasteiger partial charge >= 0.3 is 0 Å². The van der Waals surface area contributed by atoms with E-state index < -0.39 is 0 Å². The quantitative estimate of drug-likeness (QED) is 0.731. The zero-order valence-electron chi connectivity index (χ0n) is 7.68. The van der Waals surface area contributed by atoms with Gasteiger partial charge < -0.3 is 5.32 Å². The zero-order valence-corrected chi connectivity index (χ0v) is 8.50. The van der Waals surface area contributed by atoms with E-state index in [1.807, 2.05) is 11.8 Å². The van der Waals surface area contributed by atoms with Crippen LogP contribution < -0.4 is 5.32 Å². The first-order valence-corrected chi connectivity index (χ1v) is 5.97. The van der Waals surface area contributed by atoms with E-state index in [1.165, 1.54) is 25.7 Å². The molecule has 0 heterocycles. The molecule has 2 unspecified atom stereocenters. The van der Waals surface area contributed by atoms with Gasteiger partial charge in [0.25, 0.3) is 0 Å². The lowest BCUT2D eigenvalue weighted by Crippen LogP contribution is -2.36. The van der Waals surface area contributed by atoms with E-state index >= 15 is 0 Å². The second-order valence-electron chi connectivity index (χ2n) is 3.36. The third kappa shape index (κ3) is 3.31. The third-order valence-electron chi connectivity index (χ3n) is 2.49. The lowest BCUT2D eigenvalue weighted by molar-refractivity contribution is 0.359. The van der Waals surface area contributed by atoms with Gasteiger partial charge in [-0.3, -0.25) is 0 Å². The summed E-state index contributed by atoms with van der Waals surface area (Å²) in [5, 5.41) is 4.05. The fourth-order valence-corrected chi connectivity index (χ4v) is 2.63. The third-order valence-corrected chi connectivity index (χ3v) is 3.58.